The molecule has 1 aliphatic carbocycles. The maximum absolute atomic E-state index is 12.7. The first-order chi connectivity index (χ1) is 9.22. The molecule has 3 atom stereocenters. The molecule has 1 heterocycles. The van der Waals surface area contributed by atoms with Crippen LogP contribution in [-0.4, -0.2) is 23.0 Å². The molecule has 3 unspecified atom stereocenters. The van der Waals surface area contributed by atoms with Crippen LogP contribution in [0, 0.1) is 5.92 Å². The van der Waals surface area contributed by atoms with E-state index in [0.29, 0.717) is 12.0 Å². The highest BCUT2D eigenvalue weighted by Gasteiger charge is 2.44. The summed E-state index contributed by atoms with van der Waals surface area (Å²) in [7, 11) is 0. The van der Waals surface area contributed by atoms with E-state index >= 15 is 0 Å². The molecule has 3 nitrogen and oxygen atoms in total. The van der Waals surface area contributed by atoms with Crippen molar-refractivity contribution in [2.45, 2.75) is 51.4 Å². The Balaban J connectivity index is 1.84. The number of nitrogens with zero attached hydrogens (tertiary/aromatic N) is 1. The SMILES string of the molecule is CCC1NC(c2ccccc2)C(=O)N1C(C)C1CC1. The average Bonchev–Trinajstić information content (AvgIpc) is 3.23. The summed E-state index contributed by atoms with van der Waals surface area (Å²) in [5.74, 6) is 0.965. The summed E-state index contributed by atoms with van der Waals surface area (Å²) in [6, 6.07) is 10.3. The van der Waals surface area contributed by atoms with E-state index in [1.165, 1.54) is 12.8 Å². The lowest BCUT2D eigenvalue weighted by atomic mass is 10.1. The molecule has 2 aliphatic rings. The number of hydrogen-bond donors (Lipinski definition) is 1. The van der Waals surface area contributed by atoms with Crippen LogP contribution in [0.1, 0.15) is 44.7 Å². The minimum absolute atomic E-state index is 0.160. The lowest BCUT2D eigenvalue weighted by Gasteiger charge is -2.29. The van der Waals surface area contributed by atoms with Gasteiger partial charge < -0.3 is 4.90 Å². The van der Waals surface area contributed by atoms with Gasteiger partial charge in [0.25, 0.3) is 0 Å². The van der Waals surface area contributed by atoms with Crippen molar-refractivity contribution in [3.63, 3.8) is 0 Å². The van der Waals surface area contributed by atoms with Gasteiger partial charge in [-0.3, -0.25) is 10.1 Å². The fourth-order valence-electron chi connectivity index (χ4n) is 3.14. The van der Waals surface area contributed by atoms with Crippen LogP contribution in [0.15, 0.2) is 30.3 Å². The van der Waals surface area contributed by atoms with E-state index in [0.717, 1.165) is 12.0 Å². The third kappa shape index (κ3) is 2.27. The minimum Gasteiger partial charge on any atom is -0.323 e. The predicted octanol–water partition coefficient (Wildman–Crippen LogP) is 2.69. The van der Waals surface area contributed by atoms with Crippen molar-refractivity contribution in [3.05, 3.63) is 35.9 Å². The van der Waals surface area contributed by atoms with Gasteiger partial charge in [0, 0.05) is 6.04 Å². The highest BCUT2D eigenvalue weighted by atomic mass is 16.2. The van der Waals surface area contributed by atoms with Gasteiger partial charge in [0.2, 0.25) is 5.91 Å². The molecular formula is C16H22N2O. The summed E-state index contributed by atoms with van der Waals surface area (Å²) < 4.78 is 0. The molecule has 1 aromatic rings. The molecule has 1 aliphatic heterocycles. The topological polar surface area (TPSA) is 32.3 Å². The number of carbonyl (C=O) groups is 1. The average molecular weight is 258 g/mol. The van der Waals surface area contributed by atoms with Crippen molar-refractivity contribution in [2.24, 2.45) is 5.92 Å². The van der Waals surface area contributed by atoms with Crippen LogP contribution in [0.2, 0.25) is 0 Å². The number of carbonyl (C=O) groups excluding carboxylic acids is 1. The summed E-state index contributed by atoms with van der Waals surface area (Å²) >= 11 is 0. The van der Waals surface area contributed by atoms with Crippen LogP contribution >= 0.6 is 0 Å². The molecule has 102 valence electrons. The summed E-state index contributed by atoms with van der Waals surface area (Å²) in [5, 5.41) is 3.50. The fourth-order valence-corrected chi connectivity index (χ4v) is 3.14. The molecule has 1 saturated heterocycles. The molecule has 0 spiro atoms. The molecule has 0 radical (unpaired) electrons. The van der Waals surface area contributed by atoms with Gasteiger partial charge in [0.1, 0.15) is 6.04 Å². The van der Waals surface area contributed by atoms with Crippen LogP contribution in [0.25, 0.3) is 0 Å². The first-order valence-electron chi connectivity index (χ1n) is 7.35. The molecule has 1 amide bonds. The maximum atomic E-state index is 12.7. The number of nitrogens with one attached hydrogen (secondary N) is 1. The van der Waals surface area contributed by atoms with Crippen molar-refractivity contribution in [2.75, 3.05) is 0 Å². The summed E-state index contributed by atoms with van der Waals surface area (Å²) in [4.78, 5) is 14.8. The molecule has 1 N–H and O–H groups in total. The second kappa shape index (κ2) is 4.97. The van der Waals surface area contributed by atoms with E-state index in [2.05, 4.69) is 24.1 Å². The van der Waals surface area contributed by atoms with Crippen molar-refractivity contribution in [1.82, 2.24) is 10.2 Å². The Morgan fingerprint density at radius 1 is 1.32 bits per heavy atom. The number of rotatable bonds is 4. The van der Waals surface area contributed by atoms with E-state index in [1.54, 1.807) is 0 Å². The zero-order valence-corrected chi connectivity index (χ0v) is 11.7. The third-order valence-electron chi connectivity index (χ3n) is 4.46. The van der Waals surface area contributed by atoms with Gasteiger partial charge in [0.15, 0.2) is 0 Å². The summed E-state index contributed by atoms with van der Waals surface area (Å²) in [6.45, 7) is 4.35. The van der Waals surface area contributed by atoms with Crippen LogP contribution in [0.4, 0.5) is 0 Å². The quantitative estimate of drug-likeness (QED) is 0.900. The predicted molar refractivity (Wildman–Crippen MR) is 75.4 cm³/mol. The Bertz CT molecular complexity index is 455. The molecule has 1 aromatic carbocycles. The van der Waals surface area contributed by atoms with Gasteiger partial charge >= 0.3 is 0 Å². The molecular weight excluding hydrogens is 236 g/mol. The summed E-state index contributed by atoms with van der Waals surface area (Å²) in [5.41, 5.74) is 1.08. The zero-order chi connectivity index (χ0) is 13.4. The van der Waals surface area contributed by atoms with Gasteiger partial charge in [-0.05, 0) is 37.7 Å². The first kappa shape index (κ1) is 12.7. The van der Waals surface area contributed by atoms with Crippen molar-refractivity contribution < 1.29 is 4.79 Å². The number of amides is 1. The van der Waals surface area contributed by atoms with E-state index in [4.69, 9.17) is 0 Å². The zero-order valence-electron chi connectivity index (χ0n) is 11.7. The van der Waals surface area contributed by atoms with Crippen molar-refractivity contribution in [3.8, 4) is 0 Å². The second-order valence-electron chi connectivity index (χ2n) is 5.76. The Morgan fingerprint density at radius 2 is 2.00 bits per heavy atom. The van der Waals surface area contributed by atoms with Gasteiger partial charge in [-0.15, -0.1) is 0 Å². The molecule has 3 rings (SSSR count). The number of hydrogen-bond acceptors (Lipinski definition) is 2. The van der Waals surface area contributed by atoms with Gasteiger partial charge in [0.05, 0.1) is 6.17 Å². The van der Waals surface area contributed by atoms with E-state index in [9.17, 15) is 4.79 Å². The Kier molecular flexibility index (Phi) is 3.31. The van der Waals surface area contributed by atoms with E-state index in [-0.39, 0.29) is 18.1 Å². The first-order valence-corrected chi connectivity index (χ1v) is 7.35. The van der Waals surface area contributed by atoms with Gasteiger partial charge in [-0.2, -0.15) is 0 Å². The fraction of sp³-hybridized carbons (Fsp3) is 0.562. The lowest BCUT2D eigenvalue weighted by Crippen LogP contribution is -2.43. The molecule has 19 heavy (non-hydrogen) atoms. The third-order valence-corrected chi connectivity index (χ3v) is 4.46. The van der Waals surface area contributed by atoms with Crippen LogP contribution in [0.3, 0.4) is 0 Å². The van der Waals surface area contributed by atoms with Crippen LogP contribution in [-0.2, 0) is 4.79 Å². The standard InChI is InChI=1S/C16H22N2O/c1-3-14-17-15(13-7-5-4-6-8-13)16(19)18(14)11(2)12-9-10-12/h4-8,11-12,14-15,17H,3,9-10H2,1-2H3. The Labute approximate surface area is 115 Å². The molecule has 0 bridgehead atoms. The summed E-state index contributed by atoms with van der Waals surface area (Å²) in [6.07, 6.45) is 3.70. The van der Waals surface area contributed by atoms with Gasteiger partial charge in [-0.1, -0.05) is 37.3 Å². The second-order valence-corrected chi connectivity index (χ2v) is 5.76. The van der Waals surface area contributed by atoms with Crippen molar-refractivity contribution in [1.29, 1.82) is 0 Å². The molecule has 0 aromatic heterocycles. The molecule has 1 saturated carbocycles. The largest absolute Gasteiger partial charge is 0.323 e. The smallest absolute Gasteiger partial charge is 0.245 e. The normalized spacial score (nSPS) is 28.7. The molecule has 2 fully saturated rings. The van der Waals surface area contributed by atoms with Crippen LogP contribution in [0.5, 0.6) is 0 Å². The highest BCUT2D eigenvalue weighted by molar-refractivity contribution is 5.86. The molecule has 3 heteroatoms. The van der Waals surface area contributed by atoms with E-state index < -0.39 is 0 Å². The van der Waals surface area contributed by atoms with Crippen molar-refractivity contribution >= 4 is 5.91 Å². The highest BCUT2D eigenvalue weighted by Crippen LogP contribution is 2.38. The Hall–Kier alpha value is -1.35. The van der Waals surface area contributed by atoms with Crippen LogP contribution < -0.4 is 5.32 Å². The number of benzene rings is 1. The lowest BCUT2D eigenvalue weighted by molar-refractivity contribution is -0.132. The maximum Gasteiger partial charge on any atom is 0.245 e. The van der Waals surface area contributed by atoms with E-state index in [1.807, 2.05) is 30.3 Å². The minimum atomic E-state index is -0.160. The van der Waals surface area contributed by atoms with Gasteiger partial charge in [-0.25, -0.2) is 0 Å². The monoisotopic (exact) mass is 258 g/mol. The Morgan fingerprint density at radius 3 is 2.58 bits per heavy atom.